The topological polar surface area (TPSA) is 78.5 Å². The minimum absolute atomic E-state index is 0.184. The summed E-state index contributed by atoms with van der Waals surface area (Å²) in [5, 5.41) is 7.35. The molecule has 4 N–H and O–H groups in total. The van der Waals surface area contributed by atoms with Crippen molar-refractivity contribution in [1.82, 2.24) is 9.97 Å². The molecule has 0 aliphatic heterocycles. The molecule has 0 atom stereocenters. The lowest BCUT2D eigenvalue weighted by Crippen LogP contribution is -2.12. The Morgan fingerprint density at radius 1 is 1.50 bits per heavy atom. The van der Waals surface area contributed by atoms with Crippen LogP contribution in [-0.2, 0) is 6.42 Å². The maximum absolute atomic E-state index is 7.35. The maximum atomic E-state index is 7.35. The number of aromatic nitrogens is 2. The summed E-state index contributed by atoms with van der Waals surface area (Å²) >= 11 is 0. The molecule has 3 rings (SSSR count). The van der Waals surface area contributed by atoms with Gasteiger partial charge in [0.1, 0.15) is 5.82 Å². The Bertz CT molecular complexity index is 551. The Hall–Kier alpha value is -1.84. The standard InChI is InChI=1S/C12H14N4/c13-10(14)6-8-2-1-3-9-11(8)16-12(15-9)7-4-5-7/h1-3,7H,4-6H2,(H3,13,14)(H,15,16). The zero-order chi connectivity index (χ0) is 11.1. The van der Waals surface area contributed by atoms with Crippen LogP contribution in [0, 0.1) is 5.41 Å². The summed E-state index contributed by atoms with van der Waals surface area (Å²) in [6.45, 7) is 0. The average Bonchev–Trinajstić information content (AvgIpc) is 2.98. The van der Waals surface area contributed by atoms with Gasteiger partial charge in [0, 0.05) is 12.3 Å². The van der Waals surface area contributed by atoms with Crippen molar-refractivity contribution in [2.45, 2.75) is 25.2 Å². The van der Waals surface area contributed by atoms with E-state index in [2.05, 4.69) is 9.97 Å². The number of rotatable bonds is 3. The number of fused-ring (bicyclic) bond motifs is 1. The van der Waals surface area contributed by atoms with Gasteiger partial charge in [-0.2, -0.15) is 0 Å². The molecule has 1 saturated carbocycles. The molecule has 0 spiro atoms. The number of amidine groups is 1. The van der Waals surface area contributed by atoms with E-state index in [1.807, 2.05) is 18.2 Å². The molecular formula is C12H14N4. The Morgan fingerprint density at radius 2 is 2.31 bits per heavy atom. The minimum atomic E-state index is 0.184. The summed E-state index contributed by atoms with van der Waals surface area (Å²) in [6.07, 6.45) is 2.95. The largest absolute Gasteiger partial charge is 0.387 e. The van der Waals surface area contributed by atoms with Crippen molar-refractivity contribution in [3.63, 3.8) is 0 Å². The molecule has 0 amide bonds. The number of nitrogens with zero attached hydrogens (tertiary/aromatic N) is 1. The molecule has 0 bridgehead atoms. The number of nitrogens with two attached hydrogens (primary N) is 1. The molecule has 2 aromatic rings. The fraction of sp³-hybridized carbons (Fsp3) is 0.333. The van der Waals surface area contributed by atoms with Crippen molar-refractivity contribution in [3.8, 4) is 0 Å². The first-order chi connectivity index (χ1) is 7.74. The highest BCUT2D eigenvalue weighted by molar-refractivity contribution is 5.86. The van der Waals surface area contributed by atoms with E-state index >= 15 is 0 Å². The lowest BCUT2D eigenvalue weighted by atomic mass is 10.1. The van der Waals surface area contributed by atoms with Crippen molar-refractivity contribution in [2.75, 3.05) is 0 Å². The van der Waals surface area contributed by atoms with Crippen LogP contribution in [0.2, 0.25) is 0 Å². The minimum Gasteiger partial charge on any atom is -0.387 e. The van der Waals surface area contributed by atoms with Gasteiger partial charge in [-0.05, 0) is 24.5 Å². The zero-order valence-corrected chi connectivity index (χ0v) is 8.96. The van der Waals surface area contributed by atoms with Gasteiger partial charge in [-0.15, -0.1) is 0 Å². The molecule has 1 heterocycles. The van der Waals surface area contributed by atoms with Gasteiger partial charge in [0.15, 0.2) is 0 Å². The zero-order valence-electron chi connectivity index (χ0n) is 8.96. The summed E-state index contributed by atoms with van der Waals surface area (Å²) in [5.41, 5.74) is 8.50. The van der Waals surface area contributed by atoms with Crippen molar-refractivity contribution < 1.29 is 0 Å². The van der Waals surface area contributed by atoms with Gasteiger partial charge in [0.25, 0.3) is 0 Å². The van der Waals surface area contributed by atoms with Crippen LogP contribution in [0.5, 0.6) is 0 Å². The number of hydrogen-bond acceptors (Lipinski definition) is 2. The van der Waals surface area contributed by atoms with E-state index in [1.165, 1.54) is 12.8 Å². The van der Waals surface area contributed by atoms with Gasteiger partial charge in [-0.1, -0.05) is 12.1 Å². The Kier molecular flexibility index (Phi) is 1.96. The molecule has 0 saturated heterocycles. The highest BCUT2D eigenvalue weighted by Crippen LogP contribution is 2.39. The SMILES string of the molecule is N=C(N)Cc1cccc2[nH]c(C3CC3)nc12. The number of para-hydroxylation sites is 1. The highest BCUT2D eigenvalue weighted by Gasteiger charge is 2.27. The predicted molar refractivity (Wildman–Crippen MR) is 63.7 cm³/mol. The predicted octanol–water partition coefficient (Wildman–Crippen LogP) is 1.92. The van der Waals surface area contributed by atoms with E-state index in [4.69, 9.17) is 11.1 Å². The Balaban J connectivity index is 2.09. The third kappa shape index (κ3) is 1.56. The molecule has 0 radical (unpaired) electrons. The van der Waals surface area contributed by atoms with Crippen LogP contribution in [-0.4, -0.2) is 15.8 Å². The third-order valence-corrected chi connectivity index (χ3v) is 2.96. The third-order valence-electron chi connectivity index (χ3n) is 2.96. The van der Waals surface area contributed by atoms with Crippen LogP contribution >= 0.6 is 0 Å². The molecule has 1 aliphatic rings. The normalized spacial score (nSPS) is 15.5. The second-order valence-electron chi connectivity index (χ2n) is 4.41. The second-order valence-corrected chi connectivity index (χ2v) is 4.41. The van der Waals surface area contributed by atoms with Crippen LogP contribution in [0.15, 0.2) is 18.2 Å². The van der Waals surface area contributed by atoms with E-state index in [0.717, 1.165) is 22.4 Å². The summed E-state index contributed by atoms with van der Waals surface area (Å²) < 4.78 is 0. The number of imidazole rings is 1. The summed E-state index contributed by atoms with van der Waals surface area (Å²) in [5.74, 6) is 1.90. The fourth-order valence-corrected chi connectivity index (χ4v) is 2.01. The molecule has 1 aromatic heterocycles. The van der Waals surface area contributed by atoms with Crippen molar-refractivity contribution >= 4 is 16.9 Å². The van der Waals surface area contributed by atoms with Crippen LogP contribution < -0.4 is 5.73 Å². The van der Waals surface area contributed by atoms with E-state index in [1.54, 1.807) is 0 Å². The van der Waals surface area contributed by atoms with Gasteiger partial charge in [0.05, 0.1) is 16.9 Å². The molecular weight excluding hydrogens is 200 g/mol. The smallest absolute Gasteiger partial charge is 0.110 e. The molecule has 82 valence electrons. The van der Waals surface area contributed by atoms with Crippen molar-refractivity contribution in [2.24, 2.45) is 5.73 Å². The number of aromatic amines is 1. The fourth-order valence-electron chi connectivity index (χ4n) is 2.01. The van der Waals surface area contributed by atoms with Crippen LogP contribution in [0.25, 0.3) is 11.0 Å². The molecule has 16 heavy (non-hydrogen) atoms. The lowest BCUT2D eigenvalue weighted by molar-refractivity contribution is 0.985. The molecule has 1 aromatic carbocycles. The molecule has 0 unspecified atom stereocenters. The van der Waals surface area contributed by atoms with Gasteiger partial charge in [-0.3, -0.25) is 5.41 Å². The van der Waals surface area contributed by atoms with Crippen LogP contribution in [0.3, 0.4) is 0 Å². The second kappa shape index (κ2) is 3.33. The maximum Gasteiger partial charge on any atom is 0.110 e. The van der Waals surface area contributed by atoms with Gasteiger partial charge >= 0.3 is 0 Å². The number of H-pyrrole nitrogens is 1. The highest BCUT2D eigenvalue weighted by atomic mass is 14.9. The van der Waals surface area contributed by atoms with Crippen molar-refractivity contribution in [1.29, 1.82) is 5.41 Å². The first-order valence-electron chi connectivity index (χ1n) is 5.54. The van der Waals surface area contributed by atoms with E-state index < -0.39 is 0 Å². The Morgan fingerprint density at radius 3 is 3.00 bits per heavy atom. The summed E-state index contributed by atoms with van der Waals surface area (Å²) in [6, 6.07) is 5.99. The van der Waals surface area contributed by atoms with E-state index in [-0.39, 0.29) is 5.84 Å². The molecule has 4 heteroatoms. The van der Waals surface area contributed by atoms with Gasteiger partial charge in [0.2, 0.25) is 0 Å². The van der Waals surface area contributed by atoms with Gasteiger partial charge < -0.3 is 10.7 Å². The number of benzene rings is 1. The number of hydrogen-bond donors (Lipinski definition) is 3. The first-order valence-corrected chi connectivity index (χ1v) is 5.54. The average molecular weight is 214 g/mol. The van der Waals surface area contributed by atoms with E-state index in [0.29, 0.717) is 12.3 Å². The Labute approximate surface area is 93.4 Å². The summed E-state index contributed by atoms with van der Waals surface area (Å²) in [7, 11) is 0. The van der Waals surface area contributed by atoms with Crippen LogP contribution in [0.4, 0.5) is 0 Å². The first kappa shape index (κ1) is 9.39. The van der Waals surface area contributed by atoms with Gasteiger partial charge in [-0.25, -0.2) is 4.98 Å². The van der Waals surface area contributed by atoms with Crippen LogP contribution in [0.1, 0.15) is 30.1 Å². The lowest BCUT2D eigenvalue weighted by Gasteiger charge is -1.99. The molecule has 4 nitrogen and oxygen atoms in total. The molecule has 1 aliphatic carbocycles. The summed E-state index contributed by atoms with van der Waals surface area (Å²) in [4.78, 5) is 7.97. The monoisotopic (exact) mass is 214 g/mol. The van der Waals surface area contributed by atoms with E-state index in [9.17, 15) is 0 Å². The molecule has 1 fully saturated rings. The van der Waals surface area contributed by atoms with Crippen molar-refractivity contribution in [3.05, 3.63) is 29.6 Å². The number of nitrogens with one attached hydrogen (secondary N) is 2. The quantitative estimate of drug-likeness (QED) is 0.539.